The van der Waals surface area contributed by atoms with Crippen molar-refractivity contribution in [2.45, 2.75) is 0 Å². The maximum Gasteiger partial charge on any atom is 0.259 e. The number of methoxy groups -OCH3 is 1. The van der Waals surface area contributed by atoms with Crippen LogP contribution in [-0.2, 0) is 0 Å². The van der Waals surface area contributed by atoms with Crippen molar-refractivity contribution in [3.63, 3.8) is 0 Å². The zero-order valence-corrected chi connectivity index (χ0v) is 13.3. The van der Waals surface area contributed by atoms with Crippen molar-refractivity contribution in [1.82, 2.24) is 0 Å². The summed E-state index contributed by atoms with van der Waals surface area (Å²) in [5.41, 5.74) is 1.22. The molecule has 2 aromatic rings. The summed E-state index contributed by atoms with van der Waals surface area (Å²) in [5, 5.41) is 2.83. The van der Waals surface area contributed by atoms with Crippen LogP contribution in [0.3, 0.4) is 0 Å². The van der Waals surface area contributed by atoms with Crippen molar-refractivity contribution in [3.8, 4) is 5.75 Å². The van der Waals surface area contributed by atoms with Gasteiger partial charge in [0, 0.05) is 14.6 Å². The molecule has 0 aliphatic carbocycles. The fourth-order valence-electron chi connectivity index (χ4n) is 1.59. The maximum absolute atomic E-state index is 12.2. The number of carbonyl (C=O) groups excluding carboxylic acids is 1. The third kappa shape index (κ3) is 3.58. The molecule has 0 unspecified atom stereocenters. The van der Waals surface area contributed by atoms with Crippen LogP contribution in [0.5, 0.6) is 5.75 Å². The van der Waals surface area contributed by atoms with Crippen LogP contribution in [0.1, 0.15) is 10.4 Å². The highest BCUT2D eigenvalue weighted by atomic mass is 79.9. The van der Waals surface area contributed by atoms with Gasteiger partial charge in [0.15, 0.2) is 0 Å². The van der Waals surface area contributed by atoms with E-state index >= 15 is 0 Å². The first-order valence-corrected chi connectivity index (χ1v) is 7.09. The van der Waals surface area contributed by atoms with Crippen molar-refractivity contribution in [2.75, 3.05) is 12.4 Å². The lowest BCUT2D eigenvalue weighted by molar-refractivity contribution is 0.102. The van der Waals surface area contributed by atoms with E-state index in [2.05, 4.69) is 37.2 Å². The van der Waals surface area contributed by atoms with Crippen LogP contribution < -0.4 is 10.1 Å². The number of ether oxygens (including phenoxy) is 1. The van der Waals surface area contributed by atoms with Crippen LogP contribution in [0.25, 0.3) is 0 Å². The fourth-order valence-corrected chi connectivity index (χ4v) is 2.21. The highest BCUT2D eigenvalue weighted by molar-refractivity contribution is 9.10. The Bertz CT molecular complexity index is 597. The summed E-state index contributed by atoms with van der Waals surface area (Å²) >= 11 is 6.70. The van der Waals surface area contributed by atoms with Gasteiger partial charge in [0.05, 0.1) is 12.7 Å². The van der Waals surface area contributed by atoms with Crippen molar-refractivity contribution < 1.29 is 9.53 Å². The van der Waals surface area contributed by atoms with E-state index in [1.54, 1.807) is 19.2 Å². The molecule has 19 heavy (non-hydrogen) atoms. The molecule has 0 atom stereocenters. The van der Waals surface area contributed by atoms with Crippen LogP contribution in [-0.4, -0.2) is 13.0 Å². The predicted octanol–water partition coefficient (Wildman–Crippen LogP) is 4.47. The maximum atomic E-state index is 12.2. The van der Waals surface area contributed by atoms with Crippen molar-refractivity contribution in [3.05, 3.63) is 57.0 Å². The van der Waals surface area contributed by atoms with Crippen LogP contribution in [0.4, 0.5) is 5.69 Å². The minimum absolute atomic E-state index is 0.208. The molecule has 1 amide bonds. The van der Waals surface area contributed by atoms with Gasteiger partial charge >= 0.3 is 0 Å². The van der Waals surface area contributed by atoms with Crippen LogP contribution in [0.15, 0.2) is 51.4 Å². The Labute approximate surface area is 128 Å². The van der Waals surface area contributed by atoms with E-state index in [4.69, 9.17) is 4.74 Å². The highest BCUT2D eigenvalue weighted by Gasteiger charge is 2.12. The summed E-state index contributed by atoms with van der Waals surface area (Å²) in [6, 6.07) is 12.7. The Morgan fingerprint density at radius 3 is 2.32 bits per heavy atom. The number of rotatable bonds is 3. The second-order valence-corrected chi connectivity index (χ2v) is 5.64. The van der Waals surface area contributed by atoms with Gasteiger partial charge < -0.3 is 10.1 Å². The molecule has 2 aromatic carbocycles. The van der Waals surface area contributed by atoms with Crippen molar-refractivity contribution in [2.24, 2.45) is 0 Å². The lowest BCUT2D eigenvalue weighted by Gasteiger charge is -2.09. The quantitative estimate of drug-likeness (QED) is 0.847. The third-order valence-corrected chi connectivity index (χ3v) is 3.53. The zero-order chi connectivity index (χ0) is 13.8. The summed E-state index contributed by atoms with van der Waals surface area (Å²) in [6.45, 7) is 0. The number of halogens is 2. The molecule has 0 heterocycles. The SMILES string of the molecule is COc1ccc(Br)cc1C(=O)Nc1ccc(Br)cc1. The molecule has 98 valence electrons. The van der Waals surface area contributed by atoms with Crippen molar-refractivity contribution >= 4 is 43.5 Å². The molecule has 0 aliphatic heterocycles. The molecule has 5 heteroatoms. The molecule has 0 saturated carbocycles. The third-order valence-electron chi connectivity index (χ3n) is 2.51. The molecule has 2 rings (SSSR count). The number of nitrogens with one attached hydrogen (secondary N) is 1. The summed E-state index contributed by atoms with van der Waals surface area (Å²) in [6.07, 6.45) is 0. The predicted molar refractivity (Wildman–Crippen MR) is 82.8 cm³/mol. The van der Waals surface area contributed by atoms with Gasteiger partial charge in [-0.3, -0.25) is 4.79 Å². The normalized spacial score (nSPS) is 10.1. The van der Waals surface area contributed by atoms with E-state index < -0.39 is 0 Å². The first kappa shape index (κ1) is 14.1. The van der Waals surface area contributed by atoms with Gasteiger partial charge in [0.25, 0.3) is 5.91 Å². The van der Waals surface area contributed by atoms with Gasteiger partial charge in [-0.2, -0.15) is 0 Å². The van der Waals surface area contributed by atoms with Gasteiger partial charge in [-0.1, -0.05) is 31.9 Å². The average molecular weight is 385 g/mol. The molecular weight excluding hydrogens is 374 g/mol. The Morgan fingerprint density at radius 1 is 1.05 bits per heavy atom. The van der Waals surface area contributed by atoms with Gasteiger partial charge in [0.1, 0.15) is 5.75 Å². The molecule has 0 saturated heterocycles. The molecule has 0 fully saturated rings. The number of anilines is 1. The van der Waals surface area contributed by atoms with E-state index in [1.165, 1.54) is 0 Å². The molecule has 0 aliphatic rings. The smallest absolute Gasteiger partial charge is 0.259 e. The molecule has 0 radical (unpaired) electrons. The van der Waals surface area contributed by atoms with Crippen molar-refractivity contribution in [1.29, 1.82) is 0 Å². The van der Waals surface area contributed by atoms with E-state index in [-0.39, 0.29) is 5.91 Å². The van der Waals surface area contributed by atoms with Crippen LogP contribution in [0, 0.1) is 0 Å². The summed E-state index contributed by atoms with van der Waals surface area (Å²) in [7, 11) is 1.54. The van der Waals surface area contributed by atoms with E-state index in [0.29, 0.717) is 11.3 Å². The van der Waals surface area contributed by atoms with Crippen LogP contribution >= 0.6 is 31.9 Å². The summed E-state index contributed by atoms with van der Waals surface area (Å²) in [4.78, 5) is 12.2. The minimum atomic E-state index is -0.208. The largest absolute Gasteiger partial charge is 0.496 e. The second-order valence-electron chi connectivity index (χ2n) is 3.81. The van der Waals surface area contributed by atoms with Gasteiger partial charge in [-0.05, 0) is 42.5 Å². The number of benzene rings is 2. The average Bonchev–Trinajstić information content (AvgIpc) is 2.41. The number of hydrogen-bond donors (Lipinski definition) is 1. The Kier molecular flexibility index (Phi) is 4.61. The Morgan fingerprint density at radius 2 is 1.68 bits per heavy atom. The molecule has 1 N–H and O–H groups in total. The molecule has 3 nitrogen and oxygen atoms in total. The van der Waals surface area contributed by atoms with E-state index in [1.807, 2.05) is 30.3 Å². The molecular formula is C14H11Br2NO2. The zero-order valence-electron chi connectivity index (χ0n) is 10.1. The standard InChI is InChI=1S/C14H11Br2NO2/c1-19-13-7-4-10(16)8-12(13)14(18)17-11-5-2-9(15)3-6-11/h2-8H,1H3,(H,17,18). The fraction of sp³-hybridized carbons (Fsp3) is 0.0714. The monoisotopic (exact) mass is 383 g/mol. The second kappa shape index (κ2) is 6.21. The van der Waals surface area contributed by atoms with Gasteiger partial charge in [-0.25, -0.2) is 0 Å². The first-order chi connectivity index (χ1) is 9.10. The van der Waals surface area contributed by atoms with Crippen LogP contribution in [0.2, 0.25) is 0 Å². The summed E-state index contributed by atoms with van der Waals surface area (Å²) < 4.78 is 6.98. The van der Waals surface area contributed by atoms with Gasteiger partial charge in [0.2, 0.25) is 0 Å². The topological polar surface area (TPSA) is 38.3 Å². The lowest BCUT2D eigenvalue weighted by atomic mass is 10.2. The Balaban J connectivity index is 2.24. The van der Waals surface area contributed by atoms with Gasteiger partial charge in [-0.15, -0.1) is 0 Å². The van der Waals surface area contributed by atoms with E-state index in [0.717, 1.165) is 14.6 Å². The molecule has 0 bridgehead atoms. The van der Waals surface area contributed by atoms with E-state index in [9.17, 15) is 4.79 Å². The number of hydrogen-bond acceptors (Lipinski definition) is 2. The molecule has 0 spiro atoms. The number of carbonyl (C=O) groups is 1. The minimum Gasteiger partial charge on any atom is -0.496 e. The number of amides is 1. The lowest BCUT2D eigenvalue weighted by Crippen LogP contribution is -2.13. The Hall–Kier alpha value is -1.33. The highest BCUT2D eigenvalue weighted by Crippen LogP contribution is 2.24. The first-order valence-electron chi connectivity index (χ1n) is 5.50. The molecule has 0 aromatic heterocycles. The summed E-state index contributed by atoms with van der Waals surface area (Å²) in [5.74, 6) is 0.332.